The van der Waals surface area contributed by atoms with E-state index < -0.39 is 0 Å². The molecule has 0 fully saturated rings. The molecule has 1 aliphatic rings. The molecule has 0 bridgehead atoms. The molecule has 4 heterocycles. The highest BCUT2D eigenvalue weighted by molar-refractivity contribution is 6.02. The van der Waals surface area contributed by atoms with Crippen LogP contribution in [0.1, 0.15) is 22.7 Å². The lowest BCUT2D eigenvalue weighted by Gasteiger charge is -2.12. The fourth-order valence-electron chi connectivity index (χ4n) is 2.35. The Hall–Kier alpha value is -2.97. The van der Waals surface area contributed by atoms with E-state index in [9.17, 15) is 4.79 Å². The Kier molecular flexibility index (Phi) is 2.78. The molecule has 9 heteroatoms. The third kappa shape index (κ3) is 2.07. The first-order valence-electron chi connectivity index (χ1n) is 6.93. The second-order valence-electron chi connectivity index (χ2n) is 5.06. The standard InChI is InChI=1S/C13H13N7O2/c1-7-9-5-8(6-15-12(9)22-19-7)16-11(21)10-17-13-14-3-2-4-20(13)18-10/h5-6H,2-4H2,1H3,(H,16,21)(H,14,17,18). The maximum Gasteiger partial charge on any atom is 0.295 e. The largest absolute Gasteiger partial charge is 0.354 e. The van der Waals surface area contributed by atoms with E-state index in [2.05, 4.69) is 30.9 Å². The number of fused-ring (bicyclic) bond motifs is 2. The van der Waals surface area contributed by atoms with Gasteiger partial charge in [0.1, 0.15) is 0 Å². The third-order valence-electron chi connectivity index (χ3n) is 3.47. The summed E-state index contributed by atoms with van der Waals surface area (Å²) in [6.07, 6.45) is 2.48. The molecule has 0 radical (unpaired) electrons. The van der Waals surface area contributed by atoms with Gasteiger partial charge in [0.2, 0.25) is 11.8 Å². The van der Waals surface area contributed by atoms with Crippen molar-refractivity contribution in [1.29, 1.82) is 0 Å². The highest BCUT2D eigenvalue weighted by Gasteiger charge is 2.19. The maximum atomic E-state index is 12.2. The molecule has 1 amide bonds. The van der Waals surface area contributed by atoms with Crippen molar-refractivity contribution >= 4 is 28.6 Å². The van der Waals surface area contributed by atoms with Gasteiger partial charge in [-0.25, -0.2) is 9.67 Å². The number of carbonyl (C=O) groups excluding carboxylic acids is 1. The van der Waals surface area contributed by atoms with Crippen LogP contribution in [-0.2, 0) is 6.54 Å². The summed E-state index contributed by atoms with van der Waals surface area (Å²) in [6.45, 7) is 3.42. The lowest BCUT2D eigenvalue weighted by atomic mass is 10.2. The molecule has 3 aromatic rings. The molecule has 1 aliphatic heterocycles. The number of hydrogen-bond acceptors (Lipinski definition) is 7. The summed E-state index contributed by atoms with van der Waals surface area (Å²) in [7, 11) is 0. The number of amides is 1. The molecule has 0 unspecified atom stereocenters. The van der Waals surface area contributed by atoms with Crippen LogP contribution >= 0.6 is 0 Å². The average molecular weight is 299 g/mol. The van der Waals surface area contributed by atoms with Gasteiger partial charge < -0.3 is 15.2 Å². The summed E-state index contributed by atoms with van der Waals surface area (Å²) in [5.41, 5.74) is 1.71. The average Bonchev–Trinajstić information content (AvgIpc) is 3.11. The van der Waals surface area contributed by atoms with Crippen LogP contribution in [0.4, 0.5) is 11.6 Å². The van der Waals surface area contributed by atoms with Crippen LogP contribution in [0.15, 0.2) is 16.8 Å². The van der Waals surface area contributed by atoms with Crippen molar-refractivity contribution < 1.29 is 9.32 Å². The number of pyridine rings is 1. The predicted octanol–water partition coefficient (Wildman–Crippen LogP) is 1.19. The number of aromatic nitrogens is 5. The first kappa shape index (κ1) is 12.7. The molecular formula is C13H13N7O2. The molecular weight excluding hydrogens is 286 g/mol. The van der Waals surface area contributed by atoms with E-state index >= 15 is 0 Å². The van der Waals surface area contributed by atoms with Crippen molar-refractivity contribution in [2.75, 3.05) is 17.2 Å². The zero-order valence-corrected chi connectivity index (χ0v) is 11.8. The Balaban J connectivity index is 1.59. The summed E-state index contributed by atoms with van der Waals surface area (Å²) in [5, 5.41) is 14.6. The molecule has 0 atom stereocenters. The molecule has 0 aliphatic carbocycles. The molecule has 9 nitrogen and oxygen atoms in total. The zero-order chi connectivity index (χ0) is 15.1. The van der Waals surface area contributed by atoms with E-state index in [0.29, 0.717) is 17.3 Å². The monoisotopic (exact) mass is 299 g/mol. The van der Waals surface area contributed by atoms with Gasteiger partial charge in [0.05, 0.1) is 23.0 Å². The van der Waals surface area contributed by atoms with E-state index in [-0.39, 0.29) is 11.7 Å². The van der Waals surface area contributed by atoms with Crippen molar-refractivity contribution in [2.45, 2.75) is 19.9 Å². The van der Waals surface area contributed by atoms with Crippen molar-refractivity contribution in [3.8, 4) is 0 Å². The number of aryl methyl sites for hydroxylation is 2. The Morgan fingerprint density at radius 3 is 3.27 bits per heavy atom. The van der Waals surface area contributed by atoms with Gasteiger partial charge >= 0.3 is 0 Å². The van der Waals surface area contributed by atoms with Crippen LogP contribution < -0.4 is 10.6 Å². The van der Waals surface area contributed by atoms with Gasteiger partial charge in [-0.2, -0.15) is 4.98 Å². The van der Waals surface area contributed by atoms with Gasteiger partial charge in [-0.3, -0.25) is 4.79 Å². The normalized spacial score (nSPS) is 13.7. The van der Waals surface area contributed by atoms with E-state index in [1.54, 1.807) is 10.7 Å². The Labute approximate surface area is 124 Å². The summed E-state index contributed by atoms with van der Waals surface area (Å²) >= 11 is 0. The second kappa shape index (κ2) is 4.79. The van der Waals surface area contributed by atoms with E-state index in [0.717, 1.165) is 30.6 Å². The summed E-state index contributed by atoms with van der Waals surface area (Å²) in [4.78, 5) is 20.6. The minimum Gasteiger partial charge on any atom is -0.354 e. The van der Waals surface area contributed by atoms with Gasteiger partial charge in [0.25, 0.3) is 11.6 Å². The van der Waals surface area contributed by atoms with Crippen LogP contribution in [-0.4, -0.2) is 37.4 Å². The van der Waals surface area contributed by atoms with Crippen molar-refractivity contribution in [3.63, 3.8) is 0 Å². The smallest absolute Gasteiger partial charge is 0.295 e. The second-order valence-corrected chi connectivity index (χ2v) is 5.06. The van der Waals surface area contributed by atoms with Crippen molar-refractivity contribution in [1.82, 2.24) is 24.9 Å². The minimum absolute atomic E-state index is 0.131. The van der Waals surface area contributed by atoms with Crippen molar-refractivity contribution in [3.05, 3.63) is 23.8 Å². The summed E-state index contributed by atoms with van der Waals surface area (Å²) in [5.74, 6) is 0.380. The molecule has 0 saturated heterocycles. The van der Waals surface area contributed by atoms with Gasteiger partial charge in [0.15, 0.2) is 0 Å². The van der Waals surface area contributed by atoms with E-state index in [1.165, 1.54) is 6.20 Å². The van der Waals surface area contributed by atoms with Gasteiger partial charge in [-0.15, -0.1) is 5.10 Å². The quantitative estimate of drug-likeness (QED) is 0.731. The fraction of sp³-hybridized carbons (Fsp3) is 0.308. The molecule has 112 valence electrons. The summed E-state index contributed by atoms with van der Waals surface area (Å²) in [6, 6.07) is 1.76. The Morgan fingerprint density at radius 1 is 1.50 bits per heavy atom. The predicted molar refractivity (Wildman–Crippen MR) is 77.6 cm³/mol. The first-order valence-corrected chi connectivity index (χ1v) is 6.93. The van der Waals surface area contributed by atoms with Crippen molar-refractivity contribution in [2.24, 2.45) is 0 Å². The van der Waals surface area contributed by atoms with Crippen LogP contribution in [0.3, 0.4) is 0 Å². The van der Waals surface area contributed by atoms with Crippen LogP contribution in [0.25, 0.3) is 11.1 Å². The van der Waals surface area contributed by atoms with Gasteiger partial charge in [-0.05, 0) is 19.4 Å². The maximum absolute atomic E-state index is 12.2. The number of rotatable bonds is 2. The van der Waals surface area contributed by atoms with E-state index in [4.69, 9.17) is 4.52 Å². The lowest BCUT2D eigenvalue weighted by Crippen LogP contribution is -2.18. The number of hydrogen-bond donors (Lipinski definition) is 2. The molecule has 0 saturated carbocycles. The molecule has 3 aromatic heterocycles. The molecule has 0 aromatic carbocycles. The SMILES string of the molecule is Cc1noc2ncc(NC(=O)c3nc4n(n3)CCCN4)cc12. The van der Waals surface area contributed by atoms with Gasteiger partial charge in [0, 0.05) is 13.1 Å². The van der Waals surface area contributed by atoms with E-state index in [1.807, 2.05) is 6.92 Å². The topological polar surface area (TPSA) is 111 Å². The minimum atomic E-state index is -0.376. The highest BCUT2D eigenvalue weighted by Crippen LogP contribution is 2.20. The number of carbonyl (C=O) groups is 1. The Bertz CT molecular complexity index is 843. The first-order chi connectivity index (χ1) is 10.7. The third-order valence-corrected chi connectivity index (χ3v) is 3.47. The Morgan fingerprint density at radius 2 is 2.41 bits per heavy atom. The molecule has 22 heavy (non-hydrogen) atoms. The van der Waals surface area contributed by atoms with Gasteiger partial charge in [-0.1, -0.05) is 5.16 Å². The van der Waals surface area contributed by atoms with Crippen LogP contribution in [0, 0.1) is 6.92 Å². The summed E-state index contributed by atoms with van der Waals surface area (Å²) < 4.78 is 6.74. The fourth-order valence-corrected chi connectivity index (χ4v) is 2.35. The molecule has 4 rings (SSSR count). The van der Waals surface area contributed by atoms with Crippen LogP contribution in [0.5, 0.6) is 0 Å². The molecule has 0 spiro atoms. The highest BCUT2D eigenvalue weighted by atomic mass is 16.5. The number of nitrogens with one attached hydrogen (secondary N) is 2. The molecule has 2 N–H and O–H groups in total. The number of anilines is 2. The lowest BCUT2D eigenvalue weighted by molar-refractivity contribution is 0.101. The zero-order valence-electron chi connectivity index (χ0n) is 11.8. The van der Waals surface area contributed by atoms with Crippen LogP contribution in [0.2, 0.25) is 0 Å². The number of nitrogens with zero attached hydrogens (tertiary/aromatic N) is 5.